The van der Waals surface area contributed by atoms with Gasteiger partial charge < -0.3 is 10.4 Å². The predicted molar refractivity (Wildman–Crippen MR) is 66.1 cm³/mol. The lowest BCUT2D eigenvalue weighted by molar-refractivity contribution is -0.116. The maximum absolute atomic E-state index is 13.5. The van der Waals surface area contributed by atoms with Crippen LogP contribution in [0.1, 0.15) is 37.0 Å². The average Bonchev–Trinajstić information content (AvgIpc) is 2.28. The lowest BCUT2D eigenvalue weighted by Crippen LogP contribution is -2.16. The Morgan fingerprint density at radius 3 is 2.61 bits per heavy atom. The van der Waals surface area contributed by atoms with Crippen LogP contribution < -0.4 is 5.32 Å². The van der Waals surface area contributed by atoms with Gasteiger partial charge in [0.2, 0.25) is 5.91 Å². The fourth-order valence-corrected chi connectivity index (χ4v) is 1.45. The molecule has 0 spiro atoms. The van der Waals surface area contributed by atoms with Gasteiger partial charge in [-0.2, -0.15) is 0 Å². The molecule has 0 aromatic heterocycles. The zero-order valence-corrected chi connectivity index (χ0v) is 10.4. The van der Waals surface area contributed by atoms with Crippen LogP contribution in [-0.2, 0) is 4.79 Å². The summed E-state index contributed by atoms with van der Waals surface area (Å²) >= 11 is 0. The van der Waals surface area contributed by atoms with E-state index in [2.05, 4.69) is 5.32 Å². The molecule has 18 heavy (non-hydrogen) atoms. The highest BCUT2D eigenvalue weighted by Crippen LogP contribution is 2.20. The molecule has 1 aromatic carbocycles. The third-order valence-electron chi connectivity index (χ3n) is 2.46. The molecule has 0 atom stereocenters. The normalized spacial score (nSPS) is 10.4. The number of carbonyl (C=O) groups excluding carboxylic acids is 1. The molecule has 0 aliphatic rings. The van der Waals surface area contributed by atoms with Crippen molar-refractivity contribution in [3.05, 3.63) is 29.6 Å². The molecule has 4 nitrogen and oxygen atoms in total. The smallest absolute Gasteiger partial charge is 0.337 e. The zero-order valence-electron chi connectivity index (χ0n) is 10.4. The minimum absolute atomic E-state index is 0.241. The molecule has 0 aliphatic heterocycles. The van der Waals surface area contributed by atoms with Gasteiger partial charge in [-0.15, -0.1) is 0 Å². The molecule has 0 heterocycles. The molecule has 98 valence electrons. The number of carboxylic acid groups (broad SMARTS) is 1. The van der Waals surface area contributed by atoms with Crippen molar-refractivity contribution in [1.82, 2.24) is 0 Å². The van der Waals surface area contributed by atoms with Gasteiger partial charge in [-0.05, 0) is 24.5 Å². The third kappa shape index (κ3) is 3.84. The highest BCUT2D eigenvalue weighted by Gasteiger charge is 2.16. The molecule has 0 aliphatic carbocycles. The van der Waals surface area contributed by atoms with E-state index in [0.717, 1.165) is 6.07 Å². The summed E-state index contributed by atoms with van der Waals surface area (Å²) in [4.78, 5) is 22.5. The van der Waals surface area contributed by atoms with Crippen molar-refractivity contribution >= 4 is 17.6 Å². The quantitative estimate of drug-likeness (QED) is 0.847. The Morgan fingerprint density at radius 2 is 2.06 bits per heavy atom. The van der Waals surface area contributed by atoms with E-state index in [-0.39, 0.29) is 23.6 Å². The summed E-state index contributed by atoms with van der Waals surface area (Å²) in [5, 5.41) is 11.2. The van der Waals surface area contributed by atoms with Crippen molar-refractivity contribution in [2.24, 2.45) is 5.92 Å². The molecule has 0 saturated heterocycles. The van der Waals surface area contributed by atoms with E-state index >= 15 is 0 Å². The Labute approximate surface area is 105 Å². The van der Waals surface area contributed by atoms with Crippen LogP contribution >= 0.6 is 0 Å². The lowest BCUT2D eigenvalue weighted by Gasteiger charge is -2.10. The summed E-state index contributed by atoms with van der Waals surface area (Å²) in [6.07, 6.45) is 0.910. The monoisotopic (exact) mass is 253 g/mol. The van der Waals surface area contributed by atoms with Crippen LogP contribution in [0.5, 0.6) is 0 Å². The van der Waals surface area contributed by atoms with Crippen LogP contribution in [0.4, 0.5) is 10.1 Å². The predicted octanol–water partition coefficient (Wildman–Crippen LogP) is 2.90. The van der Waals surface area contributed by atoms with Crippen LogP contribution in [0.25, 0.3) is 0 Å². The second-order valence-corrected chi connectivity index (χ2v) is 4.45. The average molecular weight is 253 g/mol. The number of carboxylic acids is 1. The summed E-state index contributed by atoms with van der Waals surface area (Å²) in [6.45, 7) is 3.94. The molecule has 0 unspecified atom stereocenters. The number of nitrogens with one attached hydrogen (secondary N) is 1. The van der Waals surface area contributed by atoms with Crippen molar-refractivity contribution in [1.29, 1.82) is 0 Å². The first kappa shape index (κ1) is 14.2. The van der Waals surface area contributed by atoms with E-state index in [9.17, 15) is 14.0 Å². The van der Waals surface area contributed by atoms with Crippen molar-refractivity contribution in [2.45, 2.75) is 26.7 Å². The number of rotatable bonds is 5. The van der Waals surface area contributed by atoms with Crippen LogP contribution in [0, 0.1) is 11.7 Å². The fourth-order valence-electron chi connectivity index (χ4n) is 1.45. The Morgan fingerprint density at radius 1 is 1.39 bits per heavy atom. The molecular weight excluding hydrogens is 237 g/mol. The van der Waals surface area contributed by atoms with Gasteiger partial charge in [0.1, 0.15) is 5.82 Å². The molecule has 0 saturated carbocycles. The van der Waals surface area contributed by atoms with E-state index < -0.39 is 11.8 Å². The summed E-state index contributed by atoms with van der Waals surface area (Å²) in [5.74, 6) is -2.03. The van der Waals surface area contributed by atoms with Gasteiger partial charge in [-0.25, -0.2) is 9.18 Å². The Hall–Kier alpha value is -1.91. The highest BCUT2D eigenvalue weighted by atomic mass is 19.1. The van der Waals surface area contributed by atoms with Gasteiger partial charge in [0.05, 0.1) is 11.3 Å². The third-order valence-corrected chi connectivity index (χ3v) is 2.46. The van der Waals surface area contributed by atoms with Gasteiger partial charge >= 0.3 is 5.97 Å². The van der Waals surface area contributed by atoms with Gasteiger partial charge in [-0.1, -0.05) is 19.9 Å². The van der Waals surface area contributed by atoms with Gasteiger partial charge in [0.25, 0.3) is 0 Å². The van der Waals surface area contributed by atoms with Gasteiger partial charge in [0.15, 0.2) is 0 Å². The van der Waals surface area contributed by atoms with Crippen molar-refractivity contribution in [3.63, 3.8) is 0 Å². The Balaban J connectivity index is 2.83. The molecule has 0 bridgehead atoms. The van der Waals surface area contributed by atoms with Crippen LogP contribution in [0.15, 0.2) is 18.2 Å². The van der Waals surface area contributed by atoms with Crippen LogP contribution in [-0.4, -0.2) is 17.0 Å². The van der Waals surface area contributed by atoms with Gasteiger partial charge in [-0.3, -0.25) is 4.79 Å². The minimum Gasteiger partial charge on any atom is -0.478 e. The number of aromatic carboxylic acids is 1. The zero-order chi connectivity index (χ0) is 13.7. The lowest BCUT2D eigenvalue weighted by atomic mass is 10.1. The van der Waals surface area contributed by atoms with E-state index in [1.54, 1.807) is 0 Å². The molecular formula is C13H16FNO3. The largest absolute Gasteiger partial charge is 0.478 e. The number of carbonyl (C=O) groups is 2. The molecule has 1 aromatic rings. The summed E-state index contributed by atoms with van der Waals surface area (Å²) in [7, 11) is 0. The number of halogens is 1. The second-order valence-electron chi connectivity index (χ2n) is 4.45. The number of benzene rings is 1. The summed E-state index contributed by atoms with van der Waals surface area (Å²) < 4.78 is 13.5. The fraction of sp³-hybridized carbons (Fsp3) is 0.385. The van der Waals surface area contributed by atoms with E-state index in [1.807, 2.05) is 13.8 Å². The van der Waals surface area contributed by atoms with Crippen LogP contribution in [0.3, 0.4) is 0 Å². The van der Waals surface area contributed by atoms with Crippen molar-refractivity contribution < 1.29 is 19.1 Å². The number of hydrogen-bond donors (Lipinski definition) is 2. The Bertz CT molecular complexity index is 458. The first-order chi connectivity index (χ1) is 8.41. The standard InChI is InChI=1S/C13H16FNO3/c1-8(2)6-7-11(16)15-12-9(13(17)18)4-3-5-10(12)14/h3-5,8H,6-7H2,1-2H3,(H,15,16)(H,17,18). The molecule has 0 radical (unpaired) electrons. The molecule has 5 heteroatoms. The molecule has 0 fully saturated rings. The number of hydrogen-bond acceptors (Lipinski definition) is 2. The maximum Gasteiger partial charge on any atom is 0.337 e. The number of anilines is 1. The topological polar surface area (TPSA) is 66.4 Å². The highest BCUT2D eigenvalue weighted by molar-refractivity contribution is 6.00. The van der Waals surface area contributed by atoms with Crippen molar-refractivity contribution in [3.8, 4) is 0 Å². The van der Waals surface area contributed by atoms with Gasteiger partial charge in [0, 0.05) is 6.42 Å². The number of amides is 1. The number of para-hydroxylation sites is 1. The Kier molecular flexibility index (Phi) is 4.83. The maximum atomic E-state index is 13.5. The summed E-state index contributed by atoms with van der Waals surface area (Å²) in [5.41, 5.74) is -0.508. The molecule has 1 amide bonds. The SMILES string of the molecule is CC(C)CCC(=O)Nc1c(F)cccc1C(=O)O. The minimum atomic E-state index is -1.27. The first-order valence-corrected chi connectivity index (χ1v) is 5.73. The molecule has 2 N–H and O–H groups in total. The molecule has 1 rings (SSSR count). The summed E-state index contributed by atoms with van der Waals surface area (Å²) in [6, 6.07) is 3.66. The first-order valence-electron chi connectivity index (χ1n) is 5.73. The van der Waals surface area contributed by atoms with Crippen molar-refractivity contribution in [2.75, 3.05) is 5.32 Å². The van der Waals surface area contributed by atoms with E-state index in [0.29, 0.717) is 12.3 Å². The second kappa shape index (κ2) is 6.14. The van der Waals surface area contributed by atoms with Crippen LogP contribution in [0.2, 0.25) is 0 Å². The van der Waals surface area contributed by atoms with E-state index in [4.69, 9.17) is 5.11 Å². The van der Waals surface area contributed by atoms with E-state index in [1.165, 1.54) is 12.1 Å².